The van der Waals surface area contributed by atoms with Crippen LogP contribution in [0.4, 0.5) is 0 Å². The summed E-state index contributed by atoms with van der Waals surface area (Å²) in [6.07, 6.45) is 0.809. The number of halogens is 2. The minimum Gasteiger partial charge on any atom is -0.207 e. The van der Waals surface area contributed by atoms with E-state index in [1.807, 2.05) is 6.92 Å². The van der Waals surface area contributed by atoms with E-state index in [1.54, 1.807) is 19.2 Å². The minimum atomic E-state index is -3.53. The predicted octanol–water partition coefficient (Wildman–Crippen LogP) is 4.13. The Bertz CT molecular complexity index is 558. The number of hydrogen-bond acceptors (Lipinski definition) is 2. The maximum absolute atomic E-state index is 12.5. The topological polar surface area (TPSA) is 37.4 Å². The zero-order chi connectivity index (χ0) is 15.5. The van der Waals surface area contributed by atoms with Crippen LogP contribution >= 0.6 is 23.2 Å². The SMILES string of the molecule is CC(C)CC(C)N(C)S(=O)(=O)c1ccc(CCl)c(Cl)c1. The molecule has 20 heavy (non-hydrogen) atoms. The lowest BCUT2D eigenvalue weighted by Gasteiger charge is -2.25. The maximum atomic E-state index is 12.5. The van der Waals surface area contributed by atoms with Gasteiger partial charge in [0.2, 0.25) is 10.0 Å². The molecule has 0 aromatic heterocycles. The van der Waals surface area contributed by atoms with Crippen LogP contribution in [0.1, 0.15) is 32.8 Å². The fourth-order valence-electron chi connectivity index (χ4n) is 2.03. The number of nitrogens with zero attached hydrogens (tertiary/aromatic N) is 1. The molecule has 0 spiro atoms. The normalized spacial score (nSPS) is 14.0. The molecule has 1 aromatic carbocycles. The van der Waals surface area contributed by atoms with E-state index in [1.165, 1.54) is 10.4 Å². The highest BCUT2D eigenvalue weighted by atomic mass is 35.5. The van der Waals surface area contributed by atoms with Crippen LogP contribution in [-0.4, -0.2) is 25.8 Å². The Morgan fingerprint density at radius 2 is 1.85 bits per heavy atom. The van der Waals surface area contributed by atoms with Crippen molar-refractivity contribution in [2.24, 2.45) is 5.92 Å². The molecule has 0 bridgehead atoms. The van der Waals surface area contributed by atoms with Gasteiger partial charge in [-0.15, -0.1) is 11.6 Å². The van der Waals surface area contributed by atoms with Crippen molar-refractivity contribution in [3.8, 4) is 0 Å². The lowest BCUT2D eigenvalue weighted by Crippen LogP contribution is -2.35. The lowest BCUT2D eigenvalue weighted by molar-refractivity contribution is 0.338. The molecule has 114 valence electrons. The molecule has 0 heterocycles. The first-order valence-corrected chi connectivity index (χ1v) is 8.87. The van der Waals surface area contributed by atoms with Crippen molar-refractivity contribution in [1.29, 1.82) is 0 Å². The van der Waals surface area contributed by atoms with Crippen molar-refractivity contribution < 1.29 is 8.42 Å². The van der Waals surface area contributed by atoms with Crippen LogP contribution in [0.25, 0.3) is 0 Å². The summed E-state index contributed by atoms with van der Waals surface area (Å²) in [6.45, 7) is 6.05. The molecule has 0 amide bonds. The summed E-state index contributed by atoms with van der Waals surface area (Å²) in [4.78, 5) is 0.203. The molecule has 0 aliphatic carbocycles. The van der Waals surface area contributed by atoms with Crippen LogP contribution in [0.5, 0.6) is 0 Å². The second-order valence-electron chi connectivity index (χ2n) is 5.39. The van der Waals surface area contributed by atoms with E-state index in [-0.39, 0.29) is 16.8 Å². The largest absolute Gasteiger partial charge is 0.243 e. The first kappa shape index (κ1) is 17.8. The predicted molar refractivity (Wildman–Crippen MR) is 84.9 cm³/mol. The highest BCUT2D eigenvalue weighted by molar-refractivity contribution is 7.89. The number of rotatable bonds is 6. The summed E-state index contributed by atoms with van der Waals surface area (Å²) in [5.41, 5.74) is 0.727. The van der Waals surface area contributed by atoms with Gasteiger partial charge in [0, 0.05) is 24.0 Å². The molecule has 0 fully saturated rings. The van der Waals surface area contributed by atoms with Crippen molar-refractivity contribution in [2.75, 3.05) is 7.05 Å². The fourth-order valence-corrected chi connectivity index (χ4v) is 4.04. The summed E-state index contributed by atoms with van der Waals surface area (Å²) < 4.78 is 26.5. The molecule has 0 saturated heterocycles. The molecule has 1 aromatic rings. The molecule has 0 aliphatic rings. The molecule has 6 heteroatoms. The molecule has 3 nitrogen and oxygen atoms in total. The van der Waals surface area contributed by atoms with Gasteiger partial charge < -0.3 is 0 Å². The molecular weight excluding hydrogens is 317 g/mol. The third kappa shape index (κ3) is 4.10. The van der Waals surface area contributed by atoms with E-state index >= 15 is 0 Å². The number of sulfonamides is 1. The molecule has 1 rings (SSSR count). The zero-order valence-electron chi connectivity index (χ0n) is 12.2. The third-order valence-corrected chi connectivity index (χ3v) is 5.89. The van der Waals surface area contributed by atoms with Crippen molar-refractivity contribution in [2.45, 2.75) is 44.0 Å². The zero-order valence-corrected chi connectivity index (χ0v) is 14.6. The third-order valence-electron chi connectivity index (χ3n) is 3.28. The number of alkyl halides is 1. The van der Waals surface area contributed by atoms with Crippen LogP contribution in [0.15, 0.2) is 23.1 Å². The van der Waals surface area contributed by atoms with Gasteiger partial charge in [0.1, 0.15) is 0 Å². The fraction of sp³-hybridized carbons (Fsp3) is 0.571. The van der Waals surface area contributed by atoms with Crippen molar-refractivity contribution in [3.05, 3.63) is 28.8 Å². The van der Waals surface area contributed by atoms with E-state index < -0.39 is 10.0 Å². The number of hydrogen-bond donors (Lipinski definition) is 0. The highest BCUT2D eigenvalue weighted by Crippen LogP contribution is 2.25. The van der Waals surface area contributed by atoms with Gasteiger partial charge in [-0.1, -0.05) is 31.5 Å². The molecule has 0 radical (unpaired) electrons. The van der Waals surface area contributed by atoms with Gasteiger partial charge in [-0.3, -0.25) is 0 Å². The summed E-state index contributed by atoms with van der Waals surface area (Å²) in [5, 5.41) is 0.381. The van der Waals surface area contributed by atoms with Crippen molar-refractivity contribution >= 4 is 33.2 Å². The smallest absolute Gasteiger partial charge is 0.207 e. The summed E-state index contributed by atoms with van der Waals surface area (Å²) >= 11 is 11.8. The van der Waals surface area contributed by atoms with Gasteiger partial charge in [0.25, 0.3) is 0 Å². The van der Waals surface area contributed by atoms with E-state index in [0.29, 0.717) is 10.9 Å². The Hall–Kier alpha value is -0.290. The molecule has 0 N–H and O–H groups in total. The Kier molecular flexibility index (Phi) is 6.32. The van der Waals surface area contributed by atoms with E-state index in [9.17, 15) is 8.42 Å². The average Bonchev–Trinajstić information content (AvgIpc) is 2.36. The van der Waals surface area contributed by atoms with Gasteiger partial charge in [-0.05, 0) is 37.0 Å². The highest BCUT2D eigenvalue weighted by Gasteiger charge is 2.26. The van der Waals surface area contributed by atoms with Gasteiger partial charge in [0.15, 0.2) is 0 Å². The van der Waals surface area contributed by atoms with Crippen LogP contribution in [0, 0.1) is 5.92 Å². The van der Waals surface area contributed by atoms with E-state index in [2.05, 4.69) is 13.8 Å². The summed E-state index contributed by atoms with van der Waals surface area (Å²) in [7, 11) is -1.92. The van der Waals surface area contributed by atoms with Crippen molar-refractivity contribution in [3.63, 3.8) is 0 Å². The first-order valence-electron chi connectivity index (χ1n) is 6.52. The maximum Gasteiger partial charge on any atom is 0.243 e. The second kappa shape index (κ2) is 7.12. The average molecular weight is 338 g/mol. The van der Waals surface area contributed by atoms with Crippen LogP contribution in [0.3, 0.4) is 0 Å². The lowest BCUT2D eigenvalue weighted by atomic mass is 10.1. The molecular formula is C14H21Cl2NO2S. The Labute approximate surface area is 131 Å². The number of benzene rings is 1. The quantitative estimate of drug-likeness (QED) is 0.731. The van der Waals surface area contributed by atoms with Gasteiger partial charge >= 0.3 is 0 Å². The molecule has 0 aliphatic heterocycles. The van der Waals surface area contributed by atoms with Crippen molar-refractivity contribution in [1.82, 2.24) is 4.31 Å². The Balaban J connectivity index is 3.07. The Morgan fingerprint density at radius 1 is 1.25 bits per heavy atom. The van der Waals surface area contributed by atoms with E-state index in [0.717, 1.165) is 12.0 Å². The summed E-state index contributed by atoms with van der Waals surface area (Å²) in [6, 6.07) is 4.61. The first-order chi connectivity index (χ1) is 9.20. The van der Waals surface area contributed by atoms with Crippen LogP contribution < -0.4 is 0 Å². The summed E-state index contributed by atoms with van der Waals surface area (Å²) in [5.74, 6) is 0.698. The molecule has 1 unspecified atom stereocenters. The van der Waals surface area contributed by atoms with E-state index in [4.69, 9.17) is 23.2 Å². The van der Waals surface area contributed by atoms with Gasteiger partial charge in [-0.2, -0.15) is 4.31 Å². The molecule has 1 atom stereocenters. The Morgan fingerprint density at radius 3 is 2.30 bits per heavy atom. The monoisotopic (exact) mass is 337 g/mol. The van der Waals surface area contributed by atoms with Crippen LogP contribution in [0.2, 0.25) is 5.02 Å². The van der Waals surface area contributed by atoms with Gasteiger partial charge in [-0.25, -0.2) is 8.42 Å². The molecule has 0 saturated carbocycles. The standard InChI is InChI=1S/C14H21Cl2NO2S/c1-10(2)7-11(3)17(4)20(18,19)13-6-5-12(9-15)14(16)8-13/h5-6,8,10-11H,7,9H2,1-4H3. The van der Waals surface area contributed by atoms with Gasteiger partial charge in [0.05, 0.1) is 4.90 Å². The second-order valence-corrected chi connectivity index (χ2v) is 8.06. The minimum absolute atomic E-state index is 0.0634. The van der Waals surface area contributed by atoms with Crippen LogP contribution in [-0.2, 0) is 15.9 Å².